The number of benzene rings is 3. The van der Waals surface area contributed by atoms with Crippen molar-refractivity contribution in [3.05, 3.63) is 72.6 Å². The minimum atomic E-state index is 0.391. The number of imidazole rings is 1. The van der Waals surface area contributed by atoms with Crippen LogP contribution in [0.1, 0.15) is 32.1 Å². The van der Waals surface area contributed by atoms with Crippen LogP contribution in [-0.4, -0.2) is 9.55 Å². The summed E-state index contributed by atoms with van der Waals surface area (Å²) in [4.78, 5) is 4.80. The lowest BCUT2D eigenvalue weighted by atomic mass is 10.1. The summed E-state index contributed by atoms with van der Waals surface area (Å²) in [5.41, 5.74) is 2.20. The van der Waals surface area contributed by atoms with E-state index >= 15 is 0 Å². The monoisotopic (exact) mass is 330 g/mol. The summed E-state index contributed by atoms with van der Waals surface area (Å²) < 4.78 is 8.38. The molecule has 0 aliphatic carbocycles. The SMILES string of the molecule is CC[C@H](C)n1c(COc2ccc3ccccc3c2)nc2ccccc21. The Hall–Kier alpha value is -2.81. The Kier molecular flexibility index (Phi) is 4.14. The zero-order chi connectivity index (χ0) is 17.2. The molecule has 25 heavy (non-hydrogen) atoms. The highest BCUT2D eigenvalue weighted by molar-refractivity contribution is 5.83. The smallest absolute Gasteiger partial charge is 0.148 e. The normalized spacial score (nSPS) is 12.6. The summed E-state index contributed by atoms with van der Waals surface area (Å²) in [6.07, 6.45) is 1.06. The van der Waals surface area contributed by atoms with Crippen molar-refractivity contribution in [2.24, 2.45) is 0 Å². The second kappa shape index (κ2) is 6.60. The first kappa shape index (κ1) is 15.7. The van der Waals surface area contributed by atoms with Gasteiger partial charge in [0.05, 0.1) is 11.0 Å². The predicted molar refractivity (Wildman–Crippen MR) is 103 cm³/mol. The summed E-state index contributed by atoms with van der Waals surface area (Å²) in [6.45, 7) is 4.90. The van der Waals surface area contributed by atoms with Gasteiger partial charge in [0, 0.05) is 6.04 Å². The number of hydrogen-bond acceptors (Lipinski definition) is 2. The largest absolute Gasteiger partial charge is 0.486 e. The standard InChI is InChI=1S/C22H22N2O/c1-3-16(2)24-21-11-7-6-10-20(21)23-22(24)15-25-19-13-12-17-8-4-5-9-18(17)14-19/h4-14,16H,3,15H2,1-2H3/t16-/m0/s1. The van der Waals surface area contributed by atoms with Crippen molar-refractivity contribution in [3.8, 4) is 5.75 Å². The molecule has 0 spiro atoms. The third kappa shape index (κ3) is 2.98. The highest BCUT2D eigenvalue weighted by Crippen LogP contribution is 2.25. The first-order valence-electron chi connectivity index (χ1n) is 8.83. The Morgan fingerprint density at radius 3 is 2.56 bits per heavy atom. The molecule has 0 saturated carbocycles. The van der Waals surface area contributed by atoms with Crippen LogP contribution in [0, 0.1) is 0 Å². The molecule has 0 fully saturated rings. The quantitative estimate of drug-likeness (QED) is 0.466. The third-order valence-electron chi connectivity index (χ3n) is 4.79. The van der Waals surface area contributed by atoms with Crippen LogP contribution in [0.5, 0.6) is 5.75 Å². The molecular formula is C22H22N2O. The van der Waals surface area contributed by atoms with Gasteiger partial charge in [-0.1, -0.05) is 49.4 Å². The molecule has 0 radical (unpaired) electrons. The zero-order valence-corrected chi connectivity index (χ0v) is 14.6. The van der Waals surface area contributed by atoms with Crippen LogP contribution in [0.15, 0.2) is 66.7 Å². The van der Waals surface area contributed by atoms with Gasteiger partial charge in [0.2, 0.25) is 0 Å². The molecule has 3 aromatic carbocycles. The summed E-state index contributed by atoms with van der Waals surface area (Å²) in [5.74, 6) is 1.85. The van der Waals surface area contributed by atoms with Crippen LogP contribution in [0.4, 0.5) is 0 Å². The van der Waals surface area contributed by atoms with Gasteiger partial charge in [0.1, 0.15) is 18.2 Å². The van der Waals surface area contributed by atoms with Crippen molar-refractivity contribution in [1.82, 2.24) is 9.55 Å². The number of fused-ring (bicyclic) bond motifs is 2. The molecule has 0 amide bonds. The Labute approximate surface area is 147 Å². The lowest BCUT2D eigenvalue weighted by Gasteiger charge is -2.16. The van der Waals surface area contributed by atoms with E-state index in [1.165, 1.54) is 16.3 Å². The molecule has 1 atom stereocenters. The maximum absolute atomic E-state index is 6.08. The number of hydrogen-bond donors (Lipinski definition) is 0. The van der Waals surface area contributed by atoms with Gasteiger partial charge in [-0.2, -0.15) is 0 Å². The minimum Gasteiger partial charge on any atom is -0.486 e. The topological polar surface area (TPSA) is 27.1 Å². The van der Waals surface area contributed by atoms with Crippen LogP contribution < -0.4 is 4.74 Å². The molecule has 1 heterocycles. The molecule has 0 bridgehead atoms. The van der Waals surface area contributed by atoms with E-state index in [0.29, 0.717) is 12.6 Å². The van der Waals surface area contributed by atoms with Gasteiger partial charge in [-0.3, -0.25) is 0 Å². The van der Waals surface area contributed by atoms with Crippen molar-refractivity contribution in [1.29, 1.82) is 0 Å². The number of ether oxygens (including phenoxy) is 1. The van der Waals surface area contributed by atoms with Crippen molar-refractivity contribution in [2.75, 3.05) is 0 Å². The van der Waals surface area contributed by atoms with E-state index in [2.05, 4.69) is 73.0 Å². The van der Waals surface area contributed by atoms with Gasteiger partial charge in [0.25, 0.3) is 0 Å². The van der Waals surface area contributed by atoms with Crippen LogP contribution in [0.25, 0.3) is 21.8 Å². The summed E-state index contributed by atoms with van der Waals surface area (Å²) >= 11 is 0. The summed E-state index contributed by atoms with van der Waals surface area (Å²) in [6, 6.07) is 23.2. The van der Waals surface area contributed by atoms with E-state index in [-0.39, 0.29) is 0 Å². The van der Waals surface area contributed by atoms with Gasteiger partial charge in [-0.15, -0.1) is 0 Å². The average Bonchev–Trinajstić information content (AvgIpc) is 3.04. The number of rotatable bonds is 5. The first-order valence-corrected chi connectivity index (χ1v) is 8.83. The molecule has 0 saturated heterocycles. The number of aromatic nitrogens is 2. The van der Waals surface area contributed by atoms with E-state index < -0.39 is 0 Å². The van der Waals surface area contributed by atoms with Crippen LogP contribution in [0.2, 0.25) is 0 Å². The van der Waals surface area contributed by atoms with Crippen LogP contribution >= 0.6 is 0 Å². The van der Waals surface area contributed by atoms with Crippen molar-refractivity contribution < 1.29 is 4.74 Å². The molecule has 3 nitrogen and oxygen atoms in total. The minimum absolute atomic E-state index is 0.391. The Morgan fingerprint density at radius 2 is 1.72 bits per heavy atom. The Bertz CT molecular complexity index is 1020. The molecule has 4 rings (SSSR count). The van der Waals surface area contributed by atoms with Gasteiger partial charge in [-0.25, -0.2) is 4.98 Å². The lowest BCUT2D eigenvalue weighted by Crippen LogP contribution is -2.11. The predicted octanol–water partition coefficient (Wildman–Crippen LogP) is 5.74. The molecule has 0 aliphatic rings. The van der Waals surface area contributed by atoms with Gasteiger partial charge in [0.15, 0.2) is 0 Å². The molecule has 1 aromatic heterocycles. The molecule has 0 aliphatic heterocycles. The molecular weight excluding hydrogens is 308 g/mol. The van der Waals surface area contributed by atoms with Crippen molar-refractivity contribution in [3.63, 3.8) is 0 Å². The van der Waals surface area contributed by atoms with E-state index in [9.17, 15) is 0 Å². The van der Waals surface area contributed by atoms with E-state index in [1.807, 2.05) is 12.1 Å². The first-order chi connectivity index (χ1) is 12.3. The fraction of sp³-hybridized carbons (Fsp3) is 0.227. The van der Waals surface area contributed by atoms with Gasteiger partial charge in [-0.05, 0) is 48.4 Å². The van der Waals surface area contributed by atoms with Crippen molar-refractivity contribution in [2.45, 2.75) is 32.9 Å². The molecule has 0 unspecified atom stereocenters. The number of nitrogens with zero attached hydrogens (tertiary/aromatic N) is 2. The van der Waals surface area contributed by atoms with Crippen LogP contribution in [-0.2, 0) is 6.61 Å². The maximum Gasteiger partial charge on any atom is 0.148 e. The molecule has 3 heteroatoms. The Morgan fingerprint density at radius 1 is 0.960 bits per heavy atom. The van der Waals surface area contributed by atoms with E-state index in [0.717, 1.165) is 23.5 Å². The lowest BCUT2D eigenvalue weighted by molar-refractivity contribution is 0.286. The fourth-order valence-corrected chi connectivity index (χ4v) is 3.28. The van der Waals surface area contributed by atoms with Crippen LogP contribution in [0.3, 0.4) is 0 Å². The Balaban J connectivity index is 1.65. The highest BCUT2D eigenvalue weighted by Gasteiger charge is 2.15. The second-order valence-electron chi connectivity index (χ2n) is 6.44. The van der Waals surface area contributed by atoms with Gasteiger partial charge >= 0.3 is 0 Å². The third-order valence-corrected chi connectivity index (χ3v) is 4.79. The summed E-state index contributed by atoms with van der Waals surface area (Å²) in [7, 11) is 0. The summed E-state index contributed by atoms with van der Waals surface area (Å²) in [5, 5.41) is 2.41. The average molecular weight is 330 g/mol. The molecule has 126 valence electrons. The van der Waals surface area contributed by atoms with E-state index in [1.54, 1.807) is 0 Å². The molecule has 4 aromatic rings. The maximum atomic E-state index is 6.08. The fourth-order valence-electron chi connectivity index (χ4n) is 3.28. The highest BCUT2D eigenvalue weighted by atomic mass is 16.5. The van der Waals surface area contributed by atoms with Crippen molar-refractivity contribution >= 4 is 21.8 Å². The van der Waals surface area contributed by atoms with E-state index in [4.69, 9.17) is 9.72 Å². The second-order valence-corrected chi connectivity index (χ2v) is 6.44. The number of para-hydroxylation sites is 2. The zero-order valence-electron chi connectivity index (χ0n) is 14.6. The molecule has 0 N–H and O–H groups in total. The van der Waals surface area contributed by atoms with Gasteiger partial charge < -0.3 is 9.30 Å².